The molecule has 0 radical (unpaired) electrons. The van der Waals surface area contributed by atoms with Crippen LogP contribution in [0.25, 0.3) is 0 Å². The molecule has 0 aliphatic carbocycles. The maximum atomic E-state index is 14.6. The number of benzene rings is 2. The van der Waals surface area contributed by atoms with Gasteiger partial charge in [-0.3, -0.25) is 4.79 Å². The van der Waals surface area contributed by atoms with E-state index in [9.17, 15) is 9.18 Å². The van der Waals surface area contributed by atoms with Crippen LogP contribution >= 0.6 is 0 Å². The summed E-state index contributed by atoms with van der Waals surface area (Å²) in [7, 11) is 0. The van der Waals surface area contributed by atoms with Gasteiger partial charge in [0, 0.05) is 12.1 Å². The number of fused-ring (bicyclic) bond motifs is 1. The second kappa shape index (κ2) is 7.01. The normalized spacial score (nSPS) is 13.3. The van der Waals surface area contributed by atoms with E-state index in [1.54, 1.807) is 18.2 Å². The second-order valence-electron chi connectivity index (χ2n) is 5.86. The van der Waals surface area contributed by atoms with E-state index in [1.165, 1.54) is 0 Å². The molecular weight excluding hydrogens is 307 g/mol. The Balaban J connectivity index is 1.84. The summed E-state index contributed by atoms with van der Waals surface area (Å²) in [6.07, 6.45) is 0.629. The molecule has 1 aliphatic heterocycles. The van der Waals surface area contributed by atoms with Crippen LogP contribution in [0.15, 0.2) is 30.3 Å². The van der Waals surface area contributed by atoms with Crippen molar-refractivity contribution in [1.82, 2.24) is 5.32 Å². The fourth-order valence-electron chi connectivity index (χ4n) is 2.88. The predicted molar refractivity (Wildman–Crippen MR) is 92.1 cm³/mol. The van der Waals surface area contributed by atoms with Crippen LogP contribution in [-0.2, 0) is 13.0 Å². The summed E-state index contributed by atoms with van der Waals surface area (Å²) in [6.45, 7) is 5.75. The summed E-state index contributed by atoms with van der Waals surface area (Å²) in [5.41, 5.74) is 3.26. The highest BCUT2D eigenvalue weighted by molar-refractivity contribution is 6.04. The number of carbonyl (C=O) groups is 1. The van der Waals surface area contributed by atoms with Crippen LogP contribution in [0.2, 0.25) is 0 Å². The molecule has 0 aromatic heterocycles. The highest BCUT2D eigenvalue weighted by Crippen LogP contribution is 2.26. The van der Waals surface area contributed by atoms with Gasteiger partial charge in [-0.15, -0.1) is 0 Å². The number of halogens is 1. The van der Waals surface area contributed by atoms with Crippen LogP contribution in [0.5, 0.6) is 5.75 Å². The third-order valence-electron chi connectivity index (χ3n) is 4.21. The summed E-state index contributed by atoms with van der Waals surface area (Å²) >= 11 is 0. The summed E-state index contributed by atoms with van der Waals surface area (Å²) in [6, 6.07) is 8.72. The molecule has 3 rings (SSSR count). The number of rotatable bonds is 4. The van der Waals surface area contributed by atoms with Crippen LogP contribution in [0.4, 0.5) is 10.1 Å². The van der Waals surface area contributed by atoms with Gasteiger partial charge in [0.1, 0.15) is 11.6 Å². The minimum atomic E-state index is -0.344. The summed E-state index contributed by atoms with van der Waals surface area (Å²) in [5, 5.41) is 5.89. The van der Waals surface area contributed by atoms with Gasteiger partial charge in [-0.25, -0.2) is 4.39 Å². The molecule has 1 aliphatic rings. The molecule has 0 saturated carbocycles. The Morgan fingerprint density at radius 1 is 1.33 bits per heavy atom. The lowest BCUT2D eigenvalue weighted by molar-refractivity contribution is 0.102. The van der Waals surface area contributed by atoms with Crippen LogP contribution < -0.4 is 15.4 Å². The van der Waals surface area contributed by atoms with E-state index < -0.39 is 0 Å². The average molecular weight is 328 g/mol. The lowest BCUT2D eigenvalue weighted by atomic mass is 9.99. The molecule has 2 aromatic carbocycles. The number of carbonyl (C=O) groups excluding carboxylic acids is 1. The van der Waals surface area contributed by atoms with Crippen molar-refractivity contribution in [3.8, 4) is 5.75 Å². The van der Waals surface area contributed by atoms with Crippen molar-refractivity contribution < 1.29 is 13.9 Å². The molecule has 4 nitrogen and oxygen atoms in total. The van der Waals surface area contributed by atoms with E-state index in [0.29, 0.717) is 36.4 Å². The number of aryl methyl sites for hydroxylation is 1. The zero-order valence-corrected chi connectivity index (χ0v) is 13.9. The molecule has 0 atom stereocenters. The van der Waals surface area contributed by atoms with Crippen molar-refractivity contribution >= 4 is 11.6 Å². The van der Waals surface area contributed by atoms with E-state index in [4.69, 9.17) is 4.74 Å². The minimum Gasteiger partial charge on any atom is -0.494 e. The highest BCUT2D eigenvalue weighted by Gasteiger charge is 2.18. The lowest BCUT2D eigenvalue weighted by Gasteiger charge is -2.19. The molecule has 1 heterocycles. The minimum absolute atomic E-state index is 0.221. The van der Waals surface area contributed by atoms with E-state index in [1.807, 2.05) is 26.0 Å². The van der Waals surface area contributed by atoms with Crippen molar-refractivity contribution in [2.45, 2.75) is 26.8 Å². The van der Waals surface area contributed by atoms with Crippen LogP contribution in [-0.4, -0.2) is 19.1 Å². The molecule has 24 heavy (non-hydrogen) atoms. The van der Waals surface area contributed by atoms with Crippen molar-refractivity contribution in [3.63, 3.8) is 0 Å². The number of anilines is 1. The Labute approximate surface area is 141 Å². The van der Waals surface area contributed by atoms with Gasteiger partial charge in [0.2, 0.25) is 0 Å². The fourth-order valence-corrected chi connectivity index (χ4v) is 2.88. The number of hydrogen-bond donors (Lipinski definition) is 2. The Morgan fingerprint density at radius 2 is 2.17 bits per heavy atom. The van der Waals surface area contributed by atoms with Crippen molar-refractivity contribution in [3.05, 3.63) is 58.4 Å². The van der Waals surface area contributed by atoms with Crippen molar-refractivity contribution in [1.29, 1.82) is 0 Å². The molecular formula is C19H21FN2O2. The van der Waals surface area contributed by atoms with E-state index in [0.717, 1.165) is 17.7 Å². The Morgan fingerprint density at radius 3 is 2.96 bits per heavy atom. The zero-order valence-electron chi connectivity index (χ0n) is 13.9. The first-order valence-corrected chi connectivity index (χ1v) is 8.16. The Bertz CT molecular complexity index is 774. The van der Waals surface area contributed by atoms with Crippen molar-refractivity contribution in [2.24, 2.45) is 0 Å². The zero-order chi connectivity index (χ0) is 17.1. The fraction of sp³-hybridized carbons (Fsp3) is 0.316. The van der Waals surface area contributed by atoms with E-state index in [2.05, 4.69) is 10.6 Å². The third kappa shape index (κ3) is 3.26. The van der Waals surface area contributed by atoms with Gasteiger partial charge in [0.25, 0.3) is 5.91 Å². The molecule has 5 heteroatoms. The first-order valence-electron chi connectivity index (χ1n) is 8.16. The topological polar surface area (TPSA) is 50.4 Å². The molecule has 126 valence electrons. The van der Waals surface area contributed by atoms with Gasteiger partial charge in [0.15, 0.2) is 0 Å². The summed E-state index contributed by atoms with van der Waals surface area (Å²) < 4.78 is 20.1. The van der Waals surface area contributed by atoms with Crippen LogP contribution in [0.3, 0.4) is 0 Å². The predicted octanol–water partition coefficient (Wildman–Crippen LogP) is 3.43. The molecule has 1 amide bonds. The van der Waals surface area contributed by atoms with Gasteiger partial charge in [0.05, 0.1) is 12.3 Å². The highest BCUT2D eigenvalue weighted by atomic mass is 19.1. The van der Waals surface area contributed by atoms with Crippen LogP contribution in [0.1, 0.15) is 34.0 Å². The Kier molecular flexibility index (Phi) is 4.81. The molecule has 0 bridgehead atoms. The SMILES string of the molecule is CCOc1cc(C(=O)Nc2ccc3c(c2F)CCNC3)ccc1C. The van der Waals surface area contributed by atoms with Gasteiger partial charge in [-0.05, 0) is 61.7 Å². The monoisotopic (exact) mass is 328 g/mol. The summed E-state index contributed by atoms with van der Waals surface area (Å²) in [5.74, 6) is -0.00892. The smallest absolute Gasteiger partial charge is 0.255 e. The number of amides is 1. The van der Waals surface area contributed by atoms with Gasteiger partial charge >= 0.3 is 0 Å². The Hall–Kier alpha value is -2.40. The molecule has 0 spiro atoms. The summed E-state index contributed by atoms with van der Waals surface area (Å²) in [4.78, 5) is 12.5. The molecule has 0 unspecified atom stereocenters. The number of nitrogens with one attached hydrogen (secondary N) is 2. The average Bonchev–Trinajstić information content (AvgIpc) is 2.59. The quantitative estimate of drug-likeness (QED) is 0.904. The van der Waals surface area contributed by atoms with Crippen LogP contribution in [0, 0.1) is 12.7 Å². The number of ether oxygens (including phenoxy) is 1. The van der Waals surface area contributed by atoms with Gasteiger partial charge < -0.3 is 15.4 Å². The maximum Gasteiger partial charge on any atom is 0.255 e. The van der Waals surface area contributed by atoms with E-state index >= 15 is 0 Å². The first-order chi connectivity index (χ1) is 11.6. The molecule has 0 saturated heterocycles. The van der Waals surface area contributed by atoms with E-state index in [-0.39, 0.29) is 17.4 Å². The molecule has 2 N–H and O–H groups in total. The van der Waals surface area contributed by atoms with Gasteiger partial charge in [-0.2, -0.15) is 0 Å². The second-order valence-corrected chi connectivity index (χ2v) is 5.86. The molecule has 0 fully saturated rings. The lowest BCUT2D eigenvalue weighted by Crippen LogP contribution is -2.25. The largest absolute Gasteiger partial charge is 0.494 e. The standard InChI is InChI=1S/C19H21FN2O2/c1-3-24-17-10-13(5-4-12(17)2)19(23)22-16-7-6-14-11-21-9-8-15(14)18(16)20/h4-7,10,21H,3,8-9,11H2,1-2H3,(H,22,23). The first kappa shape index (κ1) is 16.5. The maximum absolute atomic E-state index is 14.6. The van der Waals surface area contributed by atoms with Gasteiger partial charge in [-0.1, -0.05) is 12.1 Å². The number of hydrogen-bond acceptors (Lipinski definition) is 3. The van der Waals surface area contributed by atoms with Crippen molar-refractivity contribution in [2.75, 3.05) is 18.5 Å². The molecule has 2 aromatic rings. The third-order valence-corrected chi connectivity index (χ3v) is 4.21.